The van der Waals surface area contributed by atoms with Crippen LogP contribution in [0.2, 0.25) is 10.0 Å². The van der Waals surface area contributed by atoms with Crippen molar-refractivity contribution in [1.29, 1.82) is 0 Å². The molecule has 0 amide bonds. The number of benzene rings is 1. The number of nitrogens with one attached hydrogen (secondary N) is 1. The fraction of sp³-hybridized carbons (Fsp3) is 0.0833. The average molecular weight is 268 g/mol. The van der Waals surface area contributed by atoms with Crippen LogP contribution in [0.5, 0.6) is 0 Å². The van der Waals surface area contributed by atoms with Gasteiger partial charge < -0.3 is 0 Å². The van der Waals surface area contributed by atoms with Crippen molar-refractivity contribution < 1.29 is 0 Å². The minimum absolute atomic E-state index is 0.204. The van der Waals surface area contributed by atoms with E-state index in [1.165, 1.54) is 0 Å². The third-order valence-corrected chi connectivity index (χ3v) is 3.05. The van der Waals surface area contributed by atoms with Crippen molar-refractivity contribution in [2.45, 2.75) is 6.04 Å². The first-order valence-corrected chi connectivity index (χ1v) is 5.79. The lowest BCUT2D eigenvalue weighted by Crippen LogP contribution is -2.29. The van der Waals surface area contributed by atoms with Gasteiger partial charge in [-0.25, -0.2) is 5.43 Å². The van der Waals surface area contributed by atoms with E-state index in [2.05, 4.69) is 10.4 Å². The van der Waals surface area contributed by atoms with Gasteiger partial charge in [0, 0.05) is 22.4 Å². The fourth-order valence-corrected chi connectivity index (χ4v) is 2.06. The van der Waals surface area contributed by atoms with E-state index in [1.54, 1.807) is 30.6 Å². The molecule has 1 atom stereocenters. The van der Waals surface area contributed by atoms with Gasteiger partial charge in [-0.15, -0.1) is 0 Å². The SMILES string of the molecule is NNC(c1ccncc1)c1cc(Cl)ccc1Cl. The number of rotatable bonds is 3. The molecule has 0 spiro atoms. The third-order valence-electron chi connectivity index (χ3n) is 2.48. The summed E-state index contributed by atoms with van der Waals surface area (Å²) in [5, 5.41) is 1.24. The Morgan fingerprint density at radius 2 is 1.82 bits per heavy atom. The zero-order valence-corrected chi connectivity index (χ0v) is 10.4. The minimum Gasteiger partial charge on any atom is -0.271 e. The van der Waals surface area contributed by atoms with E-state index >= 15 is 0 Å². The normalized spacial score (nSPS) is 12.4. The number of hydrogen-bond donors (Lipinski definition) is 2. The van der Waals surface area contributed by atoms with Crippen LogP contribution in [0, 0.1) is 0 Å². The van der Waals surface area contributed by atoms with Crippen molar-refractivity contribution in [1.82, 2.24) is 10.4 Å². The Hall–Kier alpha value is -1.13. The van der Waals surface area contributed by atoms with Gasteiger partial charge >= 0.3 is 0 Å². The molecule has 0 bridgehead atoms. The van der Waals surface area contributed by atoms with Gasteiger partial charge in [-0.1, -0.05) is 23.2 Å². The van der Waals surface area contributed by atoms with Gasteiger partial charge in [0.25, 0.3) is 0 Å². The van der Waals surface area contributed by atoms with Crippen LogP contribution in [0.25, 0.3) is 0 Å². The van der Waals surface area contributed by atoms with E-state index in [-0.39, 0.29) is 6.04 Å². The molecule has 0 radical (unpaired) electrons. The number of hydrazine groups is 1. The summed E-state index contributed by atoms with van der Waals surface area (Å²) in [5.74, 6) is 5.58. The molecule has 2 rings (SSSR count). The van der Waals surface area contributed by atoms with Crippen LogP contribution in [0.15, 0.2) is 42.7 Å². The molecular weight excluding hydrogens is 257 g/mol. The number of hydrogen-bond acceptors (Lipinski definition) is 3. The van der Waals surface area contributed by atoms with E-state index in [0.717, 1.165) is 11.1 Å². The van der Waals surface area contributed by atoms with Gasteiger partial charge in [0.2, 0.25) is 0 Å². The second kappa shape index (κ2) is 5.47. The summed E-state index contributed by atoms with van der Waals surface area (Å²) in [5.41, 5.74) is 4.55. The molecule has 0 aliphatic heterocycles. The second-order valence-corrected chi connectivity index (χ2v) is 4.39. The quantitative estimate of drug-likeness (QED) is 0.664. The van der Waals surface area contributed by atoms with Crippen molar-refractivity contribution in [3.63, 3.8) is 0 Å². The summed E-state index contributed by atoms with van der Waals surface area (Å²) >= 11 is 12.1. The Bertz CT molecular complexity index is 502. The van der Waals surface area contributed by atoms with E-state index in [0.29, 0.717) is 10.0 Å². The summed E-state index contributed by atoms with van der Waals surface area (Å²) in [6.07, 6.45) is 3.41. The average Bonchev–Trinajstić information content (AvgIpc) is 2.36. The maximum atomic E-state index is 6.15. The molecule has 1 aromatic carbocycles. The largest absolute Gasteiger partial charge is 0.271 e. The standard InChI is InChI=1S/C12H11Cl2N3/c13-9-1-2-11(14)10(7-9)12(17-15)8-3-5-16-6-4-8/h1-7,12,17H,15H2. The number of nitrogens with two attached hydrogens (primary N) is 1. The first-order chi connectivity index (χ1) is 8.22. The van der Waals surface area contributed by atoms with Crippen molar-refractivity contribution in [2.75, 3.05) is 0 Å². The highest BCUT2D eigenvalue weighted by atomic mass is 35.5. The van der Waals surface area contributed by atoms with Crippen molar-refractivity contribution in [3.8, 4) is 0 Å². The van der Waals surface area contributed by atoms with Gasteiger partial charge in [0.15, 0.2) is 0 Å². The molecule has 17 heavy (non-hydrogen) atoms. The Morgan fingerprint density at radius 1 is 1.12 bits per heavy atom. The zero-order chi connectivity index (χ0) is 12.3. The monoisotopic (exact) mass is 267 g/mol. The Morgan fingerprint density at radius 3 is 2.47 bits per heavy atom. The first-order valence-electron chi connectivity index (χ1n) is 5.03. The van der Waals surface area contributed by atoms with Crippen LogP contribution < -0.4 is 11.3 Å². The Labute approximate surface area is 110 Å². The molecule has 0 saturated carbocycles. The maximum absolute atomic E-state index is 6.15. The molecule has 0 fully saturated rings. The van der Waals surface area contributed by atoms with Gasteiger partial charge in [-0.3, -0.25) is 10.8 Å². The molecule has 1 unspecified atom stereocenters. The van der Waals surface area contributed by atoms with Crippen LogP contribution >= 0.6 is 23.2 Å². The Kier molecular flexibility index (Phi) is 3.97. The molecule has 3 nitrogen and oxygen atoms in total. The lowest BCUT2D eigenvalue weighted by Gasteiger charge is -2.18. The Balaban J connectivity index is 2.46. The smallest absolute Gasteiger partial charge is 0.0726 e. The van der Waals surface area contributed by atoms with E-state index in [1.807, 2.05) is 12.1 Å². The van der Waals surface area contributed by atoms with Gasteiger partial charge in [-0.05, 0) is 41.5 Å². The second-order valence-electron chi connectivity index (χ2n) is 3.55. The van der Waals surface area contributed by atoms with Crippen LogP contribution in [0.4, 0.5) is 0 Å². The summed E-state index contributed by atoms with van der Waals surface area (Å²) in [4.78, 5) is 3.97. The molecule has 3 N–H and O–H groups in total. The van der Waals surface area contributed by atoms with Crippen molar-refractivity contribution in [3.05, 3.63) is 63.9 Å². The van der Waals surface area contributed by atoms with E-state index < -0.39 is 0 Å². The van der Waals surface area contributed by atoms with Crippen LogP contribution in [-0.2, 0) is 0 Å². The molecule has 0 aliphatic carbocycles. The minimum atomic E-state index is -0.204. The zero-order valence-electron chi connectivity index (χ0n) is 8.90. The lowest BCUT2D eigenvalue weighted by molar-refractivity contribution is 0.636. The lowest BCUT2D eigenvalue weighted by atomic mass is 10.0. The highest BCUT2D eigenvalue weighted by Crippen LogP contribution is 2.29. The number of halogens is 2. The molecule has 5 heteroatoms. The van der Waals surface area contributed by atoms with Gasteiger partial charge in [-0.2, -0.15) is 0 Å². The maximum Gasteiger partial charge on any atom is 0.0726 e. The van der Waals surface area contributed by atoms with Gasteiger partial charge in [0.05, 0.1) is 6.04 Å². The summed E-state index contributed by atoms with van der Waals surface area (Å²) in [7, 11) is 0. The van der Waals surface area contributed by atoms with Crippen LogP contribution in [-0.4, -0.2) is 4.98 Å². The number of nitrogens with zero attached hydrogens (tertiary/aromatic N) is 1. The van der Waals surface area contributed by atoms with E-state index in [9.17, 15) is 0 Å². The molecule has 0 saturated heterocycles. The summed E-state index contributed by atoms with van der Waals surface area (Å²) < 4.78 is 0. The highest BCUT2D eigenvalue weighted by Gasteiger charge is 2.15. The van der Waals surface area contributed by atoms with Crippen molar-refractivity contribution >= 4 is 23.2 Å². The highest BCUT2D eigenvalue weighted by molar-refractivity contribution is 6.33. The number of aromatic nitrogens is 1. The van der Waals surface area contributed by atoms with Crippen LogP contribution in [0.3, 0.4) is 0 Å². The van der Waals surface area contributed by atoms with Crippen molar-refractivity contribution in [2.24, 2.45) is 5.84 Å². The summed E-state index contributed by atoms with van der Waals surface area (Å²) in [6, 6.07) is 8.85. The summed E-state index contributed by atoms with van der Waals surface area (Å²) in [6.45, 7) is 0. The predicted molar refractivity (Wildman–Crippen MR) is 69.9 cm³/mol. The molecule has 88 valence electrons. The molecular formula is C12H11Cl2N3. The molecule has 0 aliphatic rings. The van der Waals surface area contributed by atoms with Gasteiger partial charge in [0.1, 0.15) is 0 Å². The van der Waals surface area contributed by atoms with E-state index in [4.69, 9.17) is 29.0 Å². The third kappa shape index (κ3) is 2.76. The molecule has 1 heterocycles. The predicted octanol–water partition coefficient (Wildman–Crippen LogP) is 2.94. The molecule has 1 aromatic heterocycles. The first kappa shape index (κ1) is 12.3. The topological polar surface area (TPSA) is 50.9 Å². The van der Waals surface area contributed by atoms with Crippen LogP contribution in [0.1, 0.15) is 17.2 Å². The molecule has 2 aromatic rings. The number of pyridine rings is 1. The fourth-order valence-electron chi connectivity index (χ4n) is 1.66.